The molecule has 0 aliphatic rings. The van der Waals surface area contributed by atoms with Gasteiger partial charge >= 0.3 is 6.09 Å². The van der Waals surface area contributed by atoms with Gasteiger partial charge in [0.25, 0.3) is 0 Å². The van der Waals surface area contributed by atoms with Crippen molar-refractivity contribution >= 4 is 6.09 Å². The Morgan fingerprint density at radius 3 is 2.44 bits per heavy atom. The van der Waals surface area contributed by atoms with E-state index in [4.69, 9.17) is 6.11 Å². The lowest BCUT2D eigenvalue weighted by Crippen LogP contribution is -2.33. The fraction of sp³-hybridized carbons (Fsp3) is 0.462. The summed E-state index contributed by atoms with van der Waals surface area (Å²) in [7, 11) is 0. The highest BCUT2D eigenvalue weighted by molar-refractivity contribution is 5.68. The first-order valence-corrected chi connectivity index (χ1v) is 5.27. The van der Waals surface area contributed by atoms with E-state index in [1.165, 1.54) is 0 Å². The predicted octanol–water partition coefficient (Wildman–Crippen LogP) is 3.27. The second-order valence-corrected chi connectivity index (χ2v) is 4.62. The van der Waals surface area contributed by atoms with Crippen molar-refractivity contribution in [3.8, 4) is 0 Å². The Balaban J connectivity index is 2.71. The summed E-state index contributed by atoms with van der Waals surface area (Å²) in [6.45, 7) is 6.98. The largest absolute Gasteiger partial charge is 0.444 e. The van der Waals surface area contributed by atoms with Crippen LogP contribution in [0.15, 0.2) is 30.3 Å². The van der Waals surface area contributed by atoms with Crippen LogP contribution >= 0.6 is 0 Å². The third kappa shape index (κ3) is 4.34. The zero-order chi connectivity index (χ0) is 13.1. The molecule has 1 N–H and O–H groups in total. The number of hydrogen-bond donors (Lipinski definition) is 1. The summed E-state index contributed by atoms with van der Waals surface area (Å²) in [5.41, 5.74) is 0.155. The van der Waals surface area contributed by atoms with Crippen LogP contribution in [0.1, 0.15) is 40.6 Å². The van der Waals surface area contributed by atoms with Crippen LogP contribution in [0.4, 0.5) is 4.79 Å². The molecule has 1 aromatic rings. The maximum absolute atomic E-state index is 11.6. The molecule has 0 spiro atoms. The first kappa shape index (κ1) is 11.0. The van der Waals surface area contributed by atoms with E-state index >= 15 is 0 Å². The van der Waals surface area contributed by atoms with Gasteiger partial charge in [-0.1, -0.05) is 30.3 Å². The summed E-state index contributed by atoms with van der Waals surface area (Å²) in [5.74, 6) is 0. The average Bonchev–Trinajstić information content (AvgIpc) is 2.15. The minimum Gasteiger partial charge on any atom is -0.444 e. The lowest BCUT2D eigenvalue weighted by Gasteiger charge is -2.22. The SMILES string of the molecule is [2H][C@](C)(NC(=O)OC(C)(C)C)c1ccccc1. The molecule has 0 radical (unpaired) electrons. The van der Waals surface area contributed by atoms with Crippen LogP contribution < -0.4 is 5.32 Å². The molecule has 0 aliphatic carbocycles. The molecule has 0 unspecified atom stereocenters. The van der Waals surface area contributed by atoms with E-state index in [2.05, 4.69) is 5.32 Å². The highest BCUT2D eigenvalue weighted by Gasteiger charge is 2.17. The normalized spacial score (nSPS) is 15.9. The number of hydrogen-bond acceptors (Lipinski definition) is 2. The number of rotatable bonds is 2. The first-order valence-electron chi connectivity index (χ1n) is 5.77. The average molecular weight is 222 g/mol. The van der Waals surface area contributed by atoms with Gasteiger partial charge in [0.2, 0.25) is 0 Å². The topological polar surface area (TPSA) is 38.3 Å². The van der Waals surface area contributed by atoms with Crippen molar-refractivity contribution in [2.24, 2.45) is 0 Å². The van der Waals surface area contributed by atoms with Crippen molar-refractivity contribution in [1.82, 2.24) is 5.32 Å². The number of alkyl carbamates (subject to hydrolysis) is 1. The lowest BCUT2D eigenvalue weighted by molar-refractivity contribution is 0.0508. The van der Waals surface area contributed by atoms with E-state index < -0.39 is 17.7 Å². The van der Waals surface area contributed by atoms with Crippen LogP contribution in [0.5, 0.6) is 0 Å². The smallest absolute Gasteiger partial charge is 0.408 e. The number of carbonyl (C=O) groups is 1. The third-order valence-electron chi connectivity index (χ3n) is 1.90. The van der Waals surface area contributed by atoms with Crippen molar-refractivity contribution in [3.05, 3.63) is 35.9 Å². The molecular weight excluding hydrogens is 202 g/mol. The molecule has 16 heavy (non-hydrogen) atoms. The Labute approximate surface area is 98.2 Å². The van der Waals surface area contributed by atoms with E-state index in [0.717, 1.165) is 0 Å². The van der Waals surface area contributed by atoms with E-state index in [-0.39, 0.29) is 0 Å². The molecule has 0 saturated heterocycles. The second kappa shape index (κ2) is 5.01. The van der Waals surface area contributed by atoms with Gasteiger partial charge in [-0.15, -0.1) is 0 Å². The summed E-state index contributed by atoms with van der Waals surface area (Å²) in [6.07, 6.45) is -0.584. The van der Waals surface area contributed by atoms with E-state index in [9.17, 15) is 4.79 Å². The van der Waals surface area contributed by atoms with Gasteiger partial charge in [-0.2, -0.15) is 0 Å². The van der Waals surface area contributed by atoms with Gasteiger partial charge in [0, 0.05) is 0 Å². The summed E-state index contributed by atoms with van der Waals surface area (Å²) in [4.78, 5) is 11.6. The molecule has 1 rings (SSSR count). The Bertz CT molecular complexity index is 382. The zero-order valence-electron chi connectivity index (χ0n) is 11.2. The van der Waals surface area contributed by atoms with E-state index in [1.807, 2.05) is 18.2 Å². The van der Waals surface area contributed by atoms with Gasteiger partial charge in [-0.3, -0.25) is 0 Å². The monoisotopic (exact) mass is 222 g/mol. The molecule has 0 bridgehead atoms. The van der Waals surface area contributed by atoms with Crippen molar-refractivity contribution < 1.29 is 10.9 Å². The van der Waals surface area contributed by atoms with Crippen molar-refractivity contribution in [1.29, 1.82) is 0 Å². The molecule has 0 aromatic heterocycles. The molecule has 0 fully saturated rings. The minimum absolute atomic E-state index is 0.559. The van der Waals surface area contributed by atoms with Gasteiger partial charge in [0.05, 0.1) is 7.39 Å². The van der Waals surface area contributed by atoms with Crippen LogP contribution in [0.25, 0.3) is 0 Å². The van der Waals surface area contributed by atoms with Crippen LogP contribution in [-0.4, -0.2) is 11.7 Å². The van der Waals surface area contributed by atoms with Gasteiger partial charge in [-0.25, -0.2) is 4.79 Å². The van der Waals surface area contributed by atoms with Gasteiger partial charge < -0.3 is 10.1 Å². The number of nitrogens with one attached hydrogen (secondary N) is 1. The summed E-state index contributed by atoms with van der Waals surface area (Å²) in [6, 6.07) is 7.93. The number of ether oxygens (including phenoxy) is 1. The van der Waals surface area contributed by atoms with Crippen molar-refractivity contribution in [2.75, 3.05) is 0 Å². The molecule has 0 saturated carbocycles. The zero-order valence-corrected chi connectivity index (χ0v) is 10.2. The molecule has 1 atom stereocenters. The number of carbonyl (C=O) groups excluding carboxylic acids is 1. The molecule has 1 amide bonds. The Kier molecular flexibility index (Phi) is 3.44. The standard InChI is InChI=1S/C13H19NO2/c1-10(11-8-6-5-7-9-11)14-12(15)16-13(2,3)4/h5-10H,1-4H3,(H,14,15)/t10-/m1/s1/i10D. The van der Waals surface area contributed by atoms with Crippen LogP contribution in [0, 0.1) is 0 Å². The van der Waals surface area contributed by atoms with Crippen molar-refractivity contribution in [3.63, 3.8) is 0 Å². The molecule has 1 aromatic carbocycles. The quantitative estimate of drug-likeness (QED) is 0.834. The molecule has 3 heteroatoms. The summed E-state index contributed by atoms with van der Waals surface area (Å²) in [5, 5.41) is 2.53. The molecule has 0 aliphatic heterocycles. The fourth-order valence-electron chi connectivity index (χ4n) is 1.22. The minimum atomic E-state index is -1.19. The highest BCUT2D eigenvalue weighted by atomic mass is 16.6. The molecule has 3 nitrogen and oxygen atoms in total. The number of amides is 1. The van der Waals surface area contributed by atoms with E-state index in [0.29, 0.717) is 5.56 Å². The van der Waals surface area contributed by atoms with Gasteiger partial charge in [0.15, 0.2) is 0 Å². The molecular formula is C13H19NO2. The number of benzene rings is 1. The van der Waals surface area contributed by atoms with Crippen molar-refractivity contribution in [2.45, 2.75) is 39.3 Å². The fourth-order valence-corrected chi connectivity index (χ4v) is 1.22. The van der Waals surface area contributed by atoms with Gasteiger partial charge in [-0.05, 0) is 33.3 Å². The highest BCUT2D eigenvalue weighted by Crippen LogP contribution is 2.13. The predicted molar refractivity (Wildman–Crippen MR) is 64.2 cm³/mol. The van der Waals surface area contributed by atoms with E-state index in [1.54, 1.807) is 39.8 Å². The maximum Gasteiger partial charge on any atom is 0.408 e. The molecule has 0 heterocycles. The Morgan fingerprint density at radius 1 is 1.38 bits per heavy atom. The molecule has 88 valence electrons. The maximum atomic E-state index is 11.6. The third-order valence-corrected chi connectivity index (χ3v) is 1.90. The van der Waals surface area contributed by atoms with Crippen LogP contribution in [0.3, 0.4) is 0 Å². The first-order chi connectivity index (χ1) is 7.71. The van der Waals surface area contributed by atoms with Crippen LogP contribution in [-0.2, 0) is 4.74 Å². The summed E-state index contributed by atoms with van der Waals surface area (Å²) < 4.78 is 13.2. The Morgan fingerprint density at radius 2 is 1.94 bits per heavy atom. The van der Waals surface area contributed by atoms with Crippen LogP contribution in [0.2, 0.25) is 0 Å². The summed E-state index contributed by atoms with van der Waals surface area (Å²) >= 11 is 0. The lowest BCUT2D eigenvalue weighted by atomic mass is 10.1. The Hall–Kier alpha value is -1.51. The second-order valence-electron chi connectivity index (χ2n) is 4.62. The van der Waals surface area contributed by atoms with Gasteiger partial charge in [0.1, 0.15) is 5.60 Å².